The zero-order valence-corrected chi connectivity index (χ0v) is 12.8. The quantitative estimate of drug-likeness (QED) is 0.811. The van der Waals surface area contributed by atoms with Crippen molar-refractivity contribution in [2.45, 2.75) is 25.8 Å². The Morgan fingerprint density at radius 2 is 2.25 bits per heavy atom. The van der Waals surface area contributed by atoms with Gasteiger partial charge >= 0.3 is 0 Å². The number of nitrogens with two attached hydrogens (primary N) is 1. The van der Waals surface area contributed by atoms with Crippen molar-refractivity contribution in [2.24, 2.45) is 0 Å². The van der Waals surface area contributed by atoms with Crippen LogP contribution in [0.2, 0.25) is 5.02 Å². The van der Waals surface area contributed by atoms with Gasteiger partial charge in [-0.2, -0.15) is 0 Å². The summed E-state index contributed by atoms with van der Waals surface area (Å²) in [5.74, 6) is -0.126. The van der Waals surface area contributed by atoms with E-state index in [1.807, 2.05) is 17.5 Å². The molecule has 0 fully saturated rings. The van der Waals surface area contributed by atoms with E-state index in [-0.39, 0.29) is 11.9 Å². The molecule has 0 radical (unpaired) electrons. The molecule has 1 heterocycles. The van der Waals surface area contributed by atoms with Crippen molar-refractivity contribution in [3.05, 3.63) is 51.2 Å². The van der Waals surface area contributed by atoms with Gasteiger partial charge in [-0.15, -0.1) is 11.3 Å². The lowest BCUT2D eigenvalue weighted by molar-refractivity contribution is 0.0935. The van der Waals surface area contributed by atoms with Crippen LogP contribution in [-0.2, 0) is 0 Å². The number of carbonyl (C=O) groups excluding carboxylic acids is 1. The van der Waals surface area contributed by atoms with E-state index in [0.29, 0.717) is 16.3 Å². The second-order valence-corrected chi connectivity index (χ2v) is 5.95. The molecule has 0 saturated heterocycles. The molecular weight excluding hydrogens is 292 g/mol. The number of hydrogen-bond donors (Lipinski definition) is 2. The molecule has 0 aliphatic carbocycles. The van der Waals surface area contributed by atoms with Gasteiger partial charge in [-0.25, -0.2) is 0 Å². The van der Waals surface area contributed by atoms with Gasteiger partial charge in [0.25, 0.3) is 5.91 Å². The minimum Gasteiger partial charge on any atom is -0.398 e. The molecule has 0 bridgehead atoms. The molecule has 0 spiro atoms. The minimum absolute atomic E-state index is 0.0452. The van der Waals surface area contributed by atoms with Crippen molar-refractivity contribution in [1.82, 2.24) is 5.32 Å². The van der Waals surface area contributed by atoms with Gasteiger partial charge in [-0.1, -0.05) is 31.0 Å². The van der Waals surface area contributed by atoms with E-state index in [0.717, 1.165) is 12.8 Å². The van der Waals surface area contributed by atoms with Crippen LogP contribution in [0.1, 0.15) is 41.0 Å². The Balaban J connectivity index is 2.13. The molecule has 5 heteroatoms. The van der Waals surface area contributed by atoms with Gasteiger partial charge in [0.1, 0.15) is 0 Å². The van der Waals surface area contributed by atoms with Gasteiger partial charge in [0.15, 0.2) is 0 Å². The summed E-state index contributed by atoms with van der Waals surface area (Å²) in [5.41, 5.74) is 6.66. The Labute approximate surface area is 127 Å². The first-order valence-corrected chi connectivity index (χ1v) is 7.77. The van der Waals surface area contributed by atoms with Crippen LogP contribution in [-0.4, -0.2) is 5.91 Å². The van der Waals surface area contributed by atoms with Crippen LogP contribution in [0.15, 0.2) is 35.7 Å². The largest absolute Gasteiger partial charge is 0.398 e. The Bertz CT molecular complexity index is 584. The summed E-state index contributed by atoms with van der Waals surface area (Å²) in [7, 11) is 0. The molecule has 0 saturated carbocycles. The smallest absolute Gasteiger partial charge is 0.251 e. The molecule has 1 aromatic carbocycles. The zero-order chi connectivity index (χ0) is 14.5. The molecule has 0 aliphatic rings. The monoisotopic (exact) mass is 308 g/mol. The van der Waals surface area contributed by atoms with Crippen molar-refractivity contribution in [2.75, 3.05) is 5.73 Å². The van der Waals surface area contributed by atoms with E-state index in [1.165, 1.54) is 4.88 Å². The first-order chi connectivity index (χ1) is 9.61. The van der Waals surface area contributed by atoms with Crippen LogP contribution in [0.25, 0.3) is 0 Å². The van der Waals surface area contributed by atoms with E-state index in [2.05, 4.69) is 12.2 Å². The van der Waals surface area contributed by atoms with E-state index >= 15 is 0 Å². The minimum atomic E-state index is -0.126. The number of nitrogens with one attached hydrogen (secondary N) is 1. The highest BCUT2D eigenvalue weighted by Gasteiger charge is 2.16. The number of hydrogen-bond acceptors (Lipinski definition) is 3. The van der Waals surface area contributed by atoms with Crippen molar-refractivity contribution >= 4 is 34.5 Å². The van der Waals surface area contributed by atoms with Crippen LogP contribution in [0.4, 0.5) is 5.69 Å². The van der Waals surface area contributed by atoms with Crippen LogP contribution in [0.5, 0.6) is 0 Å². The highest BCUT2D eigenvalue weighted by molar-refractivity contribution is 7.10. The van der Waals surface area contributed by atoms with E-state index in [9.17, 15) is 4.79 Å². The predicted molar refractivity (Wildman–Crippen MR) is 85.3 cm³/mol. The SMILES string of the molecule is CCCC(NC(=O)c1ccc(N)c(Cl)c1)c1cccs1. The van der Waals surface area contributed by atoms with E-state index < -0.39 is 0 Å². The fraction of sp³-hybridized carbons (Fsp3) is 0.267. The number of amides is 1. The van der Waals surface area contributed by atoms with Crippen molar-refractivity contribution in [1.29, 1.82) is 0 Å². The summed E-state index contributed by atoms with van der Waals surface area (Å²) < 4.78 is 0. The fourth-order valence-corrected chi connectivity index (χ4v) is 2.97. The Kier molecular flexibility index (Phi) is 5.04. The van der Waals surface area contributed by atoms with Gasteiger partial charge in [0.2, 0.25) is 0 Å². The lowest BCUT2D eigenvalue weighted by Crippen LogP contribution is -2.28. The maximum atomic E-state index is 12.3. The zero-order valence-electron chi connectivity index (χ0n) is 11.2. The lowest BCUT2D eigenvalue weighted by Gasteiger charge is -2.17. The summed E-state index contributed by atoms with van der Waals surface area (Å²) >= 11 is 7.61. The molecule has 3 N–H and O–H groups in total. The van der Waals surface area contributed by atoms with Gasteiger partial charge in [0, 0.05) is 10.4 Å². The molecule has 1 atom stereocenters. The number of thiophene rings is 1. The maximum Gasteiger partial charge on any atom is 0.251 e. The fourth-order valence-electron chi connectivity index (χ4n) is 1.97. The summed E-state index contributed by atoms with van der Waals surface area (Å²) in [6.45, 7) is 2.10. The Morgan fingerprint density at radius 1 is 1.45 bits per heavy atom. The average molecular weight is 309 g/mol. The summed E-state index contributed by atoms with van der Waals surface area (Å²) in [6.07, 6.45) is 1.92. The molecule has 20 heavy (non-hydrogen) atoms. The molecule has 2 aromatic rings. The van der Waals surface area contributed by atoms with Crippen LogP contribution in [0, 0.1) is 0 Å². The van der Waals surface area contributed by atoms with Crippen LogP contribution >= 0.6 is 22.9 Å². The highest BCUT2D eigenvalue weighted by Crippen LogP contribution is 2.24. The van der Waals surface area contributed by atoms with Crippen molar-refractivity contribution < 1.29 is 4.79 Å². The molecule has 1 amide bonds. The summed E-state index contributed by atoms with van der Waals surface area (Å²) in [6, 6.07) is 9.02. The molecule has 106 valence electrons. The molecular formula is C15H17ClN2OS. The summed E-state index contributed by atoms with van der Waals surface area (Å²) in [4.78, 5) is 13.5. The van der Waals surface area contributed by atoms with E-state index in [4.69, 9.17) is 17.3 Å². The molecule has 1 aromatic heterocycles. The van der Waals surface area contributed by atoms with Gasteiger partial charge < -0.3 is 11.1 Å². The third-order valence-electron chi connectivity index (χ3n) is 3.03. The first-order valence-electron chi connectivity index (χ1n) is 6.51. The number of anilines is 1. The van der Waals surface area contributed by atoms with Crippen molar-refractivity contribution in [3.63, 3.8) is 0 Å². The van der Waals surface area contributed by atoms with Gasteiger partial charge in [-0.05, 0) is 36.1 Å². The van der Waals surface area contributed by atoms with Crippen LogP contribution < -0.4 is 11.1 Å². The lowest BCUT2D eigenvalue weighted by atomic mass is 10.1. The molecule has 3 nitrogen and oxygen atoms in total. The number of benzene rings is 1. The standard InChI is InChI=1S/C15H17ClN2OS/c1-2-4-13(14-5-3-8-20-14)18-15(19)10-6-7-12(17)11(16)9-10/h3,5-9,13H,2,4,17H2,1H3,(H,18,19). The topological polar surface area (TPSA) is 55.1 Å². The average Bonchev–Trinajstić information content (AvgIpc) is 2.95. The Morgan fingerprint density at radius 3 is 2.85 bits per heavy atom. The highest BCUT2D eigenvalue weighted by atomic mass is 35.5. The third kappa shape index (κ3) is 3.52. The number of nitrogen functional groups attached to an aromatic ring is 1. The van der Waals surface area contributed by atoms with E-state index in [1.54, 1.807) is 29.5 Å². The van der Waals surface area contributed by atoms with Gasteiger partial charge in [0.05, 0.1) is 16.8 Å². The Hall–Kier alpha value is -1.52. The van der Waals surface area contributed by atoms with Crippen LogP contribution in [0.3, 0.4) is 0 Å². The predicted octanol–water partition coefficient (Wildman–Crippen LogP) is 4.25. The normalized spacial score (nSPS) is 12.1. The maximum absolute atomic E-state index is 12.3. The number of rotatable bonds is 5. The summed E-state index contributed by atoms with van der Waals surface area (Å²) in [5, 5.41) is 5.48. The second-order valence-electron chi connectivity index (χ2n) is 4.57. The number of carbonyl (C=O) groups is 1. The van der Waals surface area contributed by atoms with Gasteiger partial charge in [-0.3, -0.25) is 4.79 Å². The molecule has 0 aliphatic heterocycles. The third-order valence-corrected chi connectivity index (χ3v) is 4.35. The second kappa shape index (κ2) is 6.77. The molecule has 1 unspecified atom stereocenters. The molecule has 2 rings (SSSR count). The number of halogens is 1. The first kappa shape index (κ1) is 14.9. The van der Waals surface area contributed by atoms with Crippen molar-refractivity contribution in [3.8, 4) is 0 Å².